The van der Waals surface area contributed by atoms with Crippen molar-refractivity contribution in [1.82, 2.24) is 4.98 Å². The van der Waals surface area contributed by atoms with Gasteiger partial charge in [0, 0.05) is 24.3 Å². The second kappa shape index (κ2) is 11.3. The number of nitrogens with zero attached hydrogens (tertiary/aromatic N) is 2. The van der Waals surface area contributed by atoms with Gasteiger partial charge >= 0.3 is 0 Å². The average molecular weight is 494 g/mol. The molecular weight excluding hydrogens is 454 g/mol. The molecule has 2 aromatic rings. The van der Waals surface area contributed by atoms with E-state index in [1.807, 2.05) is 17.0 Å². The Bertz CT molecular complexity index is 1040. The lowest BCUT2D eigenvalue weighted by Crippen LogP contribution is -2.38. The third-order valence-corrected chi connectivity index (χ3v) is 7.52. The van der Waals surface area contributed by atoms with Crippen LogP contribution in [0.15, 0.2) is 36.5 Å². The Labute approximate surface area is 214 Å². The number of nitrogens with one attached hydrogen (secondary N) is 1. The first-order valence-electron chi connectivity index (χ1n) is 13.5. The maximum Gasteiger partial charge on any atom is 0.230 e. The molecule has 2 unspecified atom stereocenters. The number of ether oxygens (including phenoxy) is 3. The highest BCUT2D eigenvalue weighted by atomic mass is 16.5. The van der Waals surface area contributed by atoms with E-state index in [1.165, 1.54) is 0 Å². The number of amides is 1. The number of anilines is 3. The summed E-state index contributed by atoms with van der Waals surface area (Å²) in [6.45, 7) is 8.20. The van der Waals surface area contributed by atoms with Crippen LogP contribution in [0.3, 0.4) is 0 Å². The zero-order valence-corrected chi connectivity index (χ0v) is 21.7. The fraction of sp³-hybridized carbons (Fsp3) is 0.586. The molecule has 194 valence electrons. The van der Waals surface area contributed by atoms with Gasteiger partial charge < -0.3 is 24.4 Å². The molecule has 2 fully saturated rings. The second-order valence-electron chi connectivity index (χ2n) is 10.6. The summed E-state index contributed by atoms with van der Waals surface area (Å²) in [7, 11) is 0. The van der Waals surface area contributed by atoms with Gasteiger partial charge in [-0.2, -0.15) is 0 Å². The fourth-order valence-corrected chi connectivity index (χ4v) is 5.63. The van der Waals surface area contributed by atoms with Crippen LogP contribution in [0.5, 0.6) is 0 Å². The lowest BCUT2D eigenvalue weighted by molar-refractivity contribution is -0.124. The van der Waals surface area contributed by atoms with Crippen molar-refractivity contribution in [2.75, 3.05) is 23.4 Å². The molecule has 1 aliphatic carbocycles. The molecule has 1 aromatic carbocycles. The van der Waals surface area contributed by atoms with Gasteiger partial charge in [-0.3, -0.25) is 4.79 Å². The topological polar surface area (TPSA) is 72.9 Å². The summed E-state index contributed by atoms with van der Waals surface area (Å²) in [5, 5.41) is 3.48. The number of benzene rings is 1. The van der Waals surface area contributed by atoms with Crippen molar-refractivity contribution >= 4 is 23.1 Å². The SMILES string of the molecule is CC(C)O[C@H]1CC[C@H](C(=O)N2Cc3cccnc3Nc3ccc(C(C)OC4CCCOC4)cc32)CC1. The molecule has 0 radical (unpaired) electrons. The Morgan fingerprint density at radius 2 is 1.92 bits per heavy atom. The fourth-order valence-electron chi connectivity index (χ4n) is 5.63. The highest BCUT2D eigenvalue weighted by Gasteiger charge is 2.33. The first kappa shape index (κ1) is 25.2. The molecule has 3 heterocycles. The van der Waals surface area contributed by atoms with Gasteiger partial charge in [-0.25, -0.2) is 4.98 Å². The molecule has 0 spiro atoms. The van der Waals surface area contributed by atoms with Gasteiger partial charge in [-0.15, -0.1) is 0 Å². The van der Waals surface area contributed by atoms with Gasteiger partial charge in [0.15, 0.2) is 0 Å². The molecule has 7 heteroatoms. The molecule has 5 rings (SSSR count). The Morgan fingerprint density at radius 3 is 2.67 bits per heavy atom. The molecule has 1 aromatic heterocycles. The molecule has 36 heavy (non-hydrogen) atoms. The number of carbonyl (C=O) groups excluding carboxylic acids is 1. The van der Waals surface area contributed by atoms with Gasteiger partial charge in [0.05, 0.1) is 48.9 Å². The first-order valence-corrected chi connectivity index (χ1v) is 13.5. The quantitative estimate of drug-likeness (QED) is 0.539. The maximum absolute atomic E-state index is 14.0. The number of rotatable bonds is 6. The van der Waals surface area contributed by atoms with Gasteiger partial charge in [-0.1, -0.05) is 12.1 Å². The zero-order valence-electron chi connectivity index (χ0n) is 21.7. The summed E-state index contributed by atoms with van der Waals surface area (Å²) in [4.78, 5) is 20.5. The summed E-state index contributed by atoms with van der Waals surface area (Å²) >= 11 is 0. The predicted octanol–water partition coefficient (Wildman–Crippen LogP) is 5.91. The van der Waals surface area contributed by atoms with Crippen LogP contribution in [0.1, 0.15) is 76.5 Å². The number of carbonyl (C=O) groups is 1. The zero-order chi connectivity index (χ0) is 25.1. The van der Waals surface area contributed by atoms with Gasteiger partial charge in [-0.05, 0) is 83.1 Å². The summed E-state index contributed by atoms with van der Waals surface area (Å²) < 4.78 is 18.0. The van der Waals surface area contributed by atoms with E-state index in [1.54, 1.807) is 6.20 Å². The van der Waals surface area contributed by atoms with E-state index in [0.29, 0.717) is 13.2 Å². The average Bonchev–Trinajstić information content (AvgIpc) is 3.05. The number of hydrogen-bond donors (Lipinski definition) is 1. The van der Waals surface area contributed by atoms with E-state index in [9.17, 15) is 4.79 Å². The van der Waals surface area contributed by atoms with E-state index in [2.05, 4.69) is 49.3 Å². The van der Waals surface area contributed by atoms with Crippen LogP contribution in [0.4, 0.5) is 17.2 Å². The molecule has 1 N–H and O–H groups in total. The smallest absolute Gasteiger partial charge is 0.230 e. The number of pyridine rings is 1. The molecule has 2 atom stereocenters. The molecule has 1 amide bonds. The molecule has 1 saturated carbocycles. The summed E-state index contributed by atoms with van der Waals surface area (Å²) in [5.41, 5.74) is 3.87. The standard InChI is InChI=1S/C29H39N3O4/c1-19(2)35-24-11-8-21(9-12-24)29(33)32-17-23-6-4-14-30-28(23)31-26-13-10-22(16-27(26)32)20(3)36-25-7-5-15-34-18-25/h4,6,10,13-14,16,19-21,24-25H,5,7-9,11-12,15,17-18H2,1-3H3,(H,30,31)/t20?,21-,24-,25?. The minimum Gasteiger partial charge on any atom is -0.379 e. The van der Waals surface area contributed by atoms with Gasteiger partial charge in [0.25, 0.3) is 0 Å². The lowest BCUT2D eigenvalue weighted by Gasteiger charge is -2.33. The summed E-state index contributed by atoms with van der Waals surface area (Å²) in [6, 6.07) is 10.2. The highest BCUT2D eigenvalue weighted by Crippen LogP contribution is 2.39. The van der Waals surface area contributed by atoms with Crippen molar-refractivity contribution in [3.05, 3.63) is 47.7 Å². The van der Waals surface area contributed by atoms with Gasteiger partial charge in [0.2, 0.25) is 5.91 Å². The molecule has 3 aliphatic rings. The van der Waals surface area contributed by atoms with Crippen molar-refractivity contribution < 1.29 is 19.0 Å². The van der Waals surface area contributed by atoms with Crippen molar-refractivity contribution in [2.45, 2.75) is 90.3 Å². The molecule has 0 bridgehead atoms. The molecule has 7 nitrogen and oxygen atoms in total. The number of fused-ring (bicyclic) bond motifs is 2. The van der Waals surface area contributed by atoms with Crippen LogP contribution >= 0.6 is 0 Å². The van der Waals surface area contributed by atoms with Crippen LogP contribution in [0.2, 0.25) is 0 Å². The van der Waals surface area contributed by atoms with Crippen LogP contribution in [0, 0.1) is 5.92 Å². The highest BCUT2D eigenvalue weighted by molar-refractivity contribution is 5.99. The van der Waals surface area contributed by atoms with E-state index in [4.69, 9.17) is 14.2 Å². The van der Waals surface area contributed by atoms with Crippen LogP contribution < -0.4 is 10.2 Å². The molecule has 2 aliphatic heterocycles. The predicted molar refractivity (Wildman–Crippen MR) is 140 cm³/mol. The normalized spacial score (nSPS) is 24.9. The van der Waals surface area contributed by atoms with Crippen LogP contribution in [-0.4, -0.2) is 42.4 Å². The van der Waals surface area contributed by atoms with E-state index in [-0.39, 0.29) is 36.2 Å². The van der Waals surface area contributed by atoms with Crippen molar-refractivity contribution in [2.24, 2.45) is 5.92 Å². The monoisotopic (exact) mass is 493 g/mol. The van der Waals surface area contributed by atoms with Crippen LogP contribution in [0.25, 0.3) is 0 Å². The third-order valence-electron chi connectivity index (χ3n) is 7.52. The third kappa shape index (κ3) is 5.74. The maximum atomic E-state index is 14.0. The Balaban J connectivity index is 1.39. The molecular formula is C29H39N3O4. The Hall–Kier alpha value is -2.48. The van der Waals surface area contributed by atoms with E-state index in [0.717, 1.165) is 73.5 Å². The second-order valence-corrected chi connectivity index (χ2v) is 10.6. The summed E-state index contributed by atoms with van der Waals surface area (Å²) in [5.74, 6) is 0.989. The van der Waals surface area contributed by atoms with Gasteiger partial charge in [0.1, 0.15) is 5.82 Å². The largest absolute Gasteiger partial charge is 0.379 e. The van der Waals surface area contributed by atoms with Crippen LogP contribution in [-0.2, 0) is 25.5 Å². The number of aromatic nitrogens is 1. The van der Waals surface area contributed by atoms with Crippen molar-refractivity contribution in [1.29, 1.82) is 0 Å². The lowest BCUT2D eigenvalue weighted by atomic mass is 9.86. The molecule has 1 saturated heterocycles. The van der Waals surface area contributed by atoms with E-state index < -0.39 is 0 Å². The minimum absolute atomic E-state index is 0.000184. The van der Waals surface area contributed by atoms with Crippen molar-refractivity contribution in [3.8, 4) is 0 Å². The minimum atomic E-state index is -0.0914. The summed E-state index contributed by atoms with van der Waals surface area (Å²) in [6.07, 6.45) is 7.91. The Morgan fingerprint density at radius 1 is 1.08 bits per heavy atom. The van der Waals surface area contributed by atoms with Crippen molar-refractivity contribution in [3.63, 3.8) is 0 Å². The van der Waals surface area contributed by atoms with E-state index >= 15 is 0 Å². The first-order chi connectivity index (χ1) is 17.5. The Kier molecular flexibility index (Phi) is 7.89. The number of hydrogen-bond acceptors (Lipinski definition) is 6.